The summed E-state index contributed by atoms with van der Waals surface area (Å²) in [6, 6.07) is 10.7. The minimum Gasteiger partial charge on any atom is -0.365 e. The molecule has 1 aliphatic rings. The maximum Gasteiger partial charge on any atom is 0.272 e. The van der Waals surface area contributed by atoms with Gasteiger partial charge < -0.3 is 15.2 Å². The van der Waals surface area contributed by atoms with Crippen molar-refractivity contribution in [1.29, 1.82) is 0 Å². The van der Waals surface area contributed by atoms with E-state index in [1.54, 1.807) is 11.8 Å². The van der Waals surface area contributed by atoms with Crippen LogP contribution in [0.15, 0.2) is 35.5 Å². The van der Waals surface area contributed by atoms with E-state index in [9.17, 15) is 4.79 Å². The van der Waals surface area contributed by atoms with Gasteiger partial charge in [-0.2, -0.15) is 0 Å². The van der Waals surface area contributed by atoms with Gasteiger partial charge in [0.05, 0.1) is 19.0 Å². The molecule has 1 aromatic carbocycles. The van der Waals surface area contributed by atoms with E-state index in [4.69, 9.17) is 5.73 Å². The van der Waals surface area contributed by atoms with Gasteiger partial charge in [0, 0.05) is 11.8 Å². The molecule has 0 aliphatic carbocycles. The smallest absolute Gasteiger partial charge is 0.272 e. The average Bonchev–Trinajstić information content (AvgIpc) is 3.05. The van der Waals surface area contributed by atoms with Crippen molar-refractivity contribution in [2.45, 2.75) is 49.6 Å². The molecular weight excluding hydrogens is 346 g/mol. The summed E-state index contributed by atoms with van der Waals surface area (Å²) < 4.78 is 2.27. The number of rotatable bonds is 7. The Kier molecular flexibility index (Phi) is 6.32. The Bertz CT molecular complexity index is 731. The molecule has 1 saturated heterocycles. The van der Waals surface area contributed by atoms with Gasteiger partial charge in [-0.25, -0.2) is 0 Å². The van der Waals surface area contributed by atoms with Gasteiger partial charge in [0.15, 0.2) is 11.7 Å². The van der Waals surface area contributed by atoms with Crippen molar-refractivity contribution in [3.8, 4) is 0 Å². The summed E-state index contributed by atoms with van der Waals surface area (Å²) in [5.74, 6) is 2.04. The summed E-state index contributed by atoms with van der Waals surface area (Å²) in [4.78, 5) is 12.5. The number of nitrogens with zero attached hydrogens (tertiary/aromatic N) is 3. The van der Waals surface area contributed by atoms with Crippen LogP contribution in [-0.2, 0) is 10.5 Å². The largest absolute Gasteiger partial charge is 0.365 e. The molecule has 1 amide bonds. The zero-order chi connectivity index (χ0) is 18.5. The van der Waals surface area contributed by atoms with E-state index in [0.29, 0.717) is 18.5 Å². The van der Waals surface area contributed by atoms with Crippen LogP contribution in [0.3, 0.4) is 0 Å². The van der Waals surface area contributed by atoms with Crippen LogP contribution in [-0.4, -0.2) is 40.3 Å². The van der Waals surface area contributed by atoms with Gasteiger partial charge in [-0.05, 0) is 32.3 Å². The molecule has 0 spiro atoms. The van der Waals surface area contributed by atoms with Gasteiger partial charge in [0.2, 0.25) is 0 Å². The molecule has 6 nitrogen and oxygen atoms in total. The minimum absolute atomic E-state index is 0.231. The lowest BCUT2D eigenvalue weighted by Crippen LogP contribution is -3.14. The summed E-state index contributed by atoms with van der Waals surface area (Å²) in [5, 5.41) is 10.0. The van der Waals surface area contributed by atoms with E-state index in [1.807, 2.05) is 6.07 Å². The second-order valence-electron chi connectivity index (χ2n) is 7.27. The highest BCUT2D eigenvalue weighted by Crippen LogP contribution is 2.29. The number of quaternary nitrogens is 1. The molecule has 2 heterocycles. The van der Waals surface area contributed by atoms with Gasteiger partial charge >= 0.3 is 0 Å². The van der Waals surface area contributed by atoms with Crippen molar-refractivity contribution in [1.82, 2.24) is 14.8 Å². The Morgan fingerprint density at radius 2 is 2.12 bits per heavy atom. The van der Waals surface area contributed by atoms with Crippen molar-refractivity contribution in [3.05, 3.63) is 41.7 Å². The highest BCUT2D eigenvalue weighted by atomic mass is 32.2. The maximum atomic E-state index is 11.3. The highest BCUT2D eigenvalue weighted by molar-refractivity contribution is 7.98. The third-order valence-corrected chi connectivity index (χ3v) is 5.84. The SMILES string of the molecule is CC(C)n1c(SCc2ccccc2)nnc1[C@H]1CCC[NH+](CC(N)=O)C1. The highest BCUT2D eigenvalue weighted by Gasteiger charge is 2.30. The first-order valence-corrected chi connectivity index (χ1v) is 10.3. The molecule has 140 valence electrons. The zero-order valence-corrected chi connectivity index (χ0v) is 16.3. The summed E-state index contributed by atoms with van der Waals surface area (Å²) in [7, 11) is 0. The Morgan fingerprint density at radius 3 is 2.81 bits per heavy atom. The molecule has 1 aliphatic heterocycles. The second kappa shape index (κ2) is 8.68. The number of benzene rings is 1. The lowest BCUT2D eigenvalue weighted by molar-refractivity contribution is -0.898. The number of aromatic nitrogens is 3. The Balaban J connectivity index is 1.75. The molecule has 1 aromatic heterocycles. The molecule has 0 radical (unpaired) electrons. The predicted octanol–water partition coefficient (Wildman–Crippen LogP) is 1.40. The van der Waals surface area contributed by atoms with E-state index in [1.165, 1.54) is 10.5 Å². The number of carbonyl (C=O) groups excluding carboxylic acids is 1. The van der Waals surface area contributed by atoms with E-state index in [2.05, 4.69) is 52.9 Å². The monoisotopic (exact) mass is 374 g/mol. The van der Waals surface area contributed by atoms with Gasteiger partial charge in [-0.15, -0.1) is 10.2 Å². The summed E-state index contributed by atoms with van der Waals surface area (Å²) in [6.07, 6.45) is 2.18. The molecule has 7 heteroatoms. The van der Waals surface area contributed by atoms with Gasteiger partial charge in [-0.1, -0.05) is 42.1 Å². The number of amides is 1. The van der Waals surface area contributed by atoms with Crippen molar-refractivity contribution in [2.75, 3.05) is 19.6 Å². The van der Waals surface area contributed by atoms with E-state index < -0.39 is 0 Å². The maximum absolute atomic E-state index is 11.3. The fraction of sp³-hybridized carbons (Fsp3) is 0.526. The van der Waals surface area contributed by atoms with Crippen molar-refractivity contribution < 1.29 is 9.69 Å². The molecule has 0 saturated carbocycles. The topological polar surface area (TPSA) is 78.2 Å². The van der Waals surface area contributed by atoms with Crippen LogP contribution in [0.2, 0.25) is 0 Å². The first-order valence-electron chi connectivity index (χ1n) is 9.28. The fourth-order valence-corrected chi connectivity index (χ4v) is 4.68. The van der Waals surface area contributed by atoms with Crippen LogP contribution in [0.1, 0.15) is 50.0 Å². The third-order valence-electron chi connectivity index (χ3n) is 4.83. The molecular formula is C19H28N5OS+. The third kappa shape index (κ3) is 4.65. The van der Waals surface area contributed by atoms with Gasteiger partial charge in [-0.3, -0.25) is 4.79 Å². The number of hydrogen-bond acceptors (Lipinski definition) is 4. The summed E-state index contributed by atoms with van der Waals surface area (Å²) in [5.41, 5.74) is 6.67. The number of hydrogen-bond donors (Lipinski definition) is 2. The predicted molar refractivity (Wildman–Crippen MR) is 103 cm³/mol. The van der Waals surface area contributed by atoms with Crippen LogP contribution in [0.25, 0.3) is 0 Å². The number of nitrogens with two attached hydrogens (primary N) is 1. The Morgan fingerprint density at radius 1 is 1.35 bits per heavy atom. The number of nitrogens with one attached hydrogen (secondary N) is 1. The van der Waals surface area contributed by atoms with Crippen LogP contribution in [0, 0.1) is 0 Å². The molecule has 1 fully saturated rings. The van der Waals surface area contributed by atoms with Crippen LogP contribution >= 0.6 is 11.8 Å². The van der Waals surface area contributed by atoms with E-state index >= 15 is 0 Å². The van der Waals surface area contributed by atoms with Crippen molar-refractivity contribution >= 4 is 17.7 Å². The fourth-order valence-electron chi connectivity index (χ4n) is 3.65. The average molecular weight is 375 g/mol. The molecule has 1 unspecified atom stereocenters. The van der Waals surface area contributed by atoms with Gasteiger partial charge in [0.25, 0.3) is 5.91 Å². The van der Waals surface area contributed by atoms with E-state index in [0.717, 1.165) is 42.7 Å². The molecule has 3 N–H and O–H groups in total. The van der Waals surface area contributed by atoms with Crippen LogP contribution in [0.5, 0.6) is 0 Å². The standard InChI is InChI=1S/C19H27N5OS/c1-14(2)24-18(16-9-6-10-23(11-16)12-17(20)25)21-22-19(24)26-13-15-7-4-3-5-8-15/h3-5,7-8,14,16H,6,9-13H2,1-2H3,(H2,20,25)/p+1/t16-/m0/s1. The molecule has 26 heavy (non-hydrogen) atoms. The van der Waals surface area contributed by atoms with Crippen LogP contribution < -0.4 is 10.6 Å². The number of likely N-dealkylation sites (tertiary alicyclic amines) is 1. The second-order valence-corrected chi connectivity index (χ2v) is 8.21. The Hall–Kier alpha value is -1.86. The molecule has 2 aromatic rings. The lowest BCUT2D eigenvalue weighted by Gasteiger charge is -2.29. The number of thioether (sulfide) groups is 1. The van der Waals surface area contributed by atoms with Crippen LogP contribution in [0.4, 0.5) is 0 Å². The quantitative estimate of drug-likeness (QED) is 0.718. The first-order chi connectivity index (χ1) is 12.5. The summed E-state index contributed by atoms with van der Waals surface area (Å²) in [6.45, 7) is 6.66. The molecule has 2 atom stereocenters. The minimum atomic E-state index is -0.231. The zero-order valence-electron chi connectivity index (χ0n) is 15.5. The number of piperidine rings is 1. The van der Waals surface area contributed by atoms with Crippen molar-refractivity contribution in [3.63, 3.8) is 0 Å². The summed E-state index contributed by atoms with van der Waals surface area (Å²) >= 11 is 1.73. The van der Waals surface area contributed by atoms with Crippen molar-refractivity contribution in [2.24, 2.45) is 5.73 Å². The number of carbonyl (C=O) groups is 1. The number of primary amides is 1. The van der Waals surface area contributed by atoms with E-state index in [-0.39, 0.29) is 5.91 Å². The molecule has 0 bridgehead atoms. The molecule has 3 rings (SSSR count). The normalized spacial score (nSPS) is 20.4. The lowest BCUT2D eigenvalue weighted by atomic mass is 9.97. The Labute approximate surface area is 159 Å². The van der Waals surface area contributed by atoms with Gasteiger partial charge in [0.1, 0.15) is 5.82 Å². The first kappa shape index (κ1) is 18.9.